The van der Waals surface area contributed by atoms with E-state index in [0.717, 1.165) is 16.7 Å². The SMILES string of the molecule is O=C([O-])CC(c1ccc(Cl)cc1)(c1ccc(Cl)cc1)c1ccc(Cl)cc1. The molecule has 0 fully saturated rings. The molecule has 0 atom stereocenters. The van der Waals surface area contributed by atoms with Crippen LogP contribution in [0.1, 0.15) is 23.1 Å². The highest BCUT2D eigenvalue weighted by molar-refractivity contribution is 6.31. The molecule has 0 aromatic heterocycles. The second-order valence-electron chi connectivity index (χ2n) is 5.97. The highest BCUT2D eigenvalue weighted by Gasteiger charge is 2.36. The summed E-state index contributed by atoms with van der Waals surface area (Å²) in [5, 5.41) is 13.5. The van der Waals surface area contributed by atoms with E-state index in [9.17, 15) is 9.90 Å². The van der Waals surface area contributed by atoms with Crippen molar-refractivity contribution in [2.45, 2.75) is 11.8 Å². The van der Waals surface area contributed by atoms with Gasteiger partial charge in [0.2, 0.25) is 0 Å². The predicted octanol–water partition coefficient (Wildman–Crippen LogP) is 5.12. The van der Waals surface area contributed by atoms with Crippen LogP contribution in [0.25, 0.3) is 0 Å². The summed E-state index contributed by atoms with van der Waals surface area (Å²) in [6.45, 7) is 0. The first-order valence-corrected chi connectivity index (χ1v) is 9.03. The molecule has 0 saturated carbocycles. The van der Waals surface area contributed by atoms with Crippen LogP contribution >= 0.6 is 34.8 Å². The highest BCUT2D eigenvalue weighted by Crippen LogP contribution is 2.43. The van der Waals surface area contributed by atoms with Gasteiger partial charge in [-0.15, -0.1) is 0 Å². The number of hydrogen-bond acceptors (Lipinski definition) is 2. The van der Waals surface area contributed by atoms with E-state index in [1.807, 2.05) is 36.4 Å². The minimum Gasteiger partial charge on any atom is -0.550 e. The Balaban J connectivity index is 2.33. The molecule has 0 aliphatic carbocycles. The van der Waals surface area contributed by atoms with Crippen molar-refractivity contribution in [1.82, 2.24) is 0 Å². The Labute approximate surface area is 167 Å². The number of aliphatic carboxylic acids is 1. The summed E-state index contributed by atoms with van der Waals surface area (Å²) >= 11 is 18.1. The van der Waals surface area contributed by atoms with Gasteiger partial charge in [0.05, 0.1) is 5.41 Å². The molecule has 26 heavy (non-hydrogen) atoms. The molecule has 0 heterocycles. The molecule has 0 aliphatic heterocycles. The van der Waals surface area contributed by atoms with E-state index in [2.05, 4.69) is 0 Å². The molecule has 0 amide bonds. The fourth-order valence-electron chi connectivity index (χ4n) is 3.23. The second kappa shape index (κ2) is 7.71. The lowest BCUT2D eigenvalue weighted by atomic mass is 9.67. The first kappa shape index (κ1) is 18.8. The van der Waals surface area contributed by atoms with Crippen molar-refractivity contribution in [3.63, 3.8) is 0 Å². The quantitative estimate of drug-likeness (QED) is 0.554. The normalized spacial score (nSPS) is 11.3. The molecular weight excluding hydrogens is 391 g/mol. The Kier molecular flexibility index (Phi) is 5.57. The number of carbonyl (C=O) groups is 1. The van der Waals surface area contributed by atoms with Gasteiger partial charge >= 0.3 is 0 Å². The summed E-state index contributed by atoms with van der Waals surface area (Å²) in [4.78, 5) is 11.7. The molecule has 0 N–H and O–H groups in total. The molecule has 3 rings (SSSR count). The number of rotatable bonds is 5. The summed E-state index contributed by atoms with van der Waals surface area (Å²) in [5.74, 6) is -1.16. The van der Waals surface area contributed by atoms with Gasteiger partial charge in [0.25, 0.3) is 0 Å². The molecule has 0 spiro atoms. The summed E-state index contributed by atoms with van der Waals surface area (Å²) in [5.41, 5.74) is 1.40. The van der Waals surface area contributed by atoms with E-state index >= 15 is 0 Å². The number of halogens is 3. The Hall–Kier alpha value is -2.00. The minimum absolute atomic E-state index is 0.238. The van der Waals surface area contributed by atoms with Crippen molar-refractivity contribution in [1.29, 1.82) is 0 Å². The van der Waals surface area contributed by atoms with Gasteiger partial charge in [-0.2, -0.15) is 0 Å². The third-order valence-electron chi connectivity index (χ3n) is 4.42. The van der Waals surface area contributed by atoms with Gasteiger partial charge in [-0.1, -0.05) is 71.2 Å². The van der Waals surface area contributed by atoms with Crippen LogP contribution in [0, 0.1) is 0 Å². The van der Waals surface area contributed by atoms with E-state index in [1.165, 1.54) is 0 Å². The van der Waals surface area contributed by atoms with Gasteiger partial charge in [0, 0.05) is 27.5 Å². The molecule has 0 bridgehead atoms. The smallest absolute Gasteiger partial charge is 0.0503 e. The molecule has 0 radical (unpaired) electrons. The molecule has 2 nitrogen and oxygen atoms in total. The van der Waals surface area contributed by atoms with Crippen LogP contribution in [0.3, 0.4) is 0 Å². The van der Waals surface area contributed by atoms with Crippen LogP contribution in [-0.4, -0.2) is 5.97 Å². The summed E-state index contributed by atoms with van der Waals surface area (Å²) in [7, 11) is 0. The summed E-state index contributed by atoms with van der Waals surface area (Å²) in [6, 6.07) is 21.4. The minimum atomic E-state index is -1.16. The predicted molar refractivity (Wildman–Crippen MR) is 104 cm³/mol. The van der Waals surface area contributed by atoms with E-state index in [1.54, 1.807) is 36.4 Å². The zero-order chi connectivity index (χ0) is 18.7. The van der Waals surface area contributed by atoms with E-state index < -0.39 is 11.4 Å². The third kappa shape index (κ3) is 3.73. The standard InChI is InChI=1S/C21H15Cl3O2/c22-17-7-1-14(2-8-17)21(13-20(25)26,15-3-9-18(23)10-4-15)16-5-11-19(24)12-6-16/h1-12H,13H2,(H,25,26)/p-1. The van der Waals surface area contributed by atoms with Crippen LogP contribution in [0.5, 0.6) is 0 Å². The van der Waals surface area contributed by atoms with Gasteiger partial charge in [-0.25, -0.2) is 0 Å². The number of benzene rings is 3. The lowest BCUT2D eigenvalue weighted by Gasteiger charge is -2.36. The van der Waals surface area contributed by atoms with Crippen molar-refractivity contribution in [3.8, 4) is 0 Å². The van der Waals surface area contributed by atoms with Gasteiger partial charge < -0.3 is 9.90 Å². The molecule has 3 aromatic carbocycles. The van der Waals surface area contributed by atoms with Crippen molar-refractivity contribution in [2.75, 3.05) is 0 Å². The average molecular weight is 405 g/mol. The van der Waals surface area contributed by atoms with Crippen molar-refractivity contribution in [3.05, 3.63) is 105 Å². The molecule has 0 unspecified atom stereocenters. The van der Waals surface area contributed by atoms with Gasteiger partial charge in [0.15, 0.2) is 0 Å². The monoisotopic (exact) mass is 403 g/mol. The molecule has 0 saturated heterocycles. The van der Waals surface area contributed by atoms with Gasteiger partial charge in [-0.05, 0) is 53.1 Å². The highest BCUT2D eigenvalue weighted by atomic mass is 35.5. The lowest BCUT2D eigenvalue weighted by molar-refractivity contribution is -0.306. The maximum Gasteiger partial charge on any atom is 0.0503 e. The topological polar surface area (TPSA) is 40.1 Å². The van der Waals surface area contributed by atoms with Crippen LogP contribution < -0.4 is 5.11 Å². The van der Waals surface area contributed by atoms with Crippen LogP contribution in [0.4, 0.5) is 0 Å². The van der Waals surface area contributed by atoms with Crippen molar-refractivity contribution in [2.24, 2.45) is 0 Å². The van der Waals surface area contributed by atoms with Crippen LogP contribution in [0.2, 0.25) is 15.1 Å². The van der Waals surface area contributed by atoms with Crippen molar-refractivity contribution < 1.29 is 9.90 Å². The third-order valence-corrected chi connectivity index (χ3v) is 5.18. The van der Waals surface area contributed by atoms with E-state index in [-0.39, 0.29) is 6.42 Å². The Morgan fingerprint density at radius 1 is 0.654 bits per heavy atom. The molecule has 3 aromatic rings. The number of carboxylic acid groups (broad SMARTS) is 1. The first-order valence-electron chi connectivity index (χ1n) is 7.90. The lowest BCUT2D eigenvalue weighted by Crippen LogP contribution is -2.37. The Bertz CT molecular complexity index is 791. The van der Waals surface area contributed by atoms with E-state index in [4.69, 9.17) is 34.8 Å². The largest absolute Gasteiger partial charge is 0.550 e. The van der Waals surface area contributed by atoms with Crippen LogP contribution in [0.15, 0.2) is 72.8 Å². The average Bonchev–Trinajstić information content (AvgIpc) is 2.62. The number of carbonyl (C=O) groups excluding carboxylic acids is 1. The fourth-order valence-corrected chi connectivity index (χ4v) is 3.60. The van der Waals surface area contributed by atoms with E-state index in [0.29, 0.717) is 15.1 Å². The summed E-state index contributed by atoms with van der Waals surface area (Å²) in [6.07, 6.45) is -0.238. The van der Waals surface area contributed by atoms with Gasteiger partial charge in [0.1, 0.15) is 0 Å². The zero-order valence-electron chi connectivity index (χ0n) is 13.6. The molecule has 0 aliphatic rings. The first-order chi connectivity index (χ1) is 12.4. The number of carboxylic acids is 1. The molecule has 5 heteroatoms. The fraction of sp³-hybridized carbons (Fsp3) is 0.0952. The molecular formula is C21H14Cl3O2-. The maximum absolute atomic E-state index is 11.7. The Morgan fingerprint density at radius 2 is 0.923 bits per heavy atom. The zero-order valence-corrected chi connectivity index (χ0v) is 15.9. The maximum atomic E-state index is 11.7. The van der Waals surface area contributed by atoms with Crippen LogP contribution in [-0.2, 0) is 10.2 Å². The number of hydrogen-bond donors (Lipinski definition) is 0. The summed E-state index contributed by atoms with van der Waals surface area (Å²) < 4.78 is 0. The van der Waals surface area contributed by atoms with Crippen molar-refractivity contribution >= 4 is 40.8 Å². The molecule has 132 valence electrons. The second-order valence-corrected chi connectivity index (χ2v) is 7.28. The van der Waals surface area contributed by atoms with Gasteiger partial charge in [-0.3, -0.25) is 0 Å². The Morgan fingerprint density at radius 3 is 1.15 bits per heavy atom.